The average Bonchev–Trinajstić information content (AvgIpc) is 3.45. The molecule has 1 aromatic carbocycles. The van der Waals surface area contributed by atoms with Crippen molar-refractivity contribution in [2.45, 2.75) is 70.1 Å². The molecule has 3 saturated heterocycles. The Morgan fingerprint density at radius 1 is 1.24 bits per heavy atom. The van der Waals surface area contributed by atoms with Gasteiger partial charge in [-0.15, -0.1) is 13.2 Å². The third-order valence-corrected chi connectivity index (χ3v) is 8.39. The zero-order valence-electron chi connectivity index (χ0n) is 22.8. The smallest absolute Gasteiger partial charge is 0.312 e. The summed E-state index contributed by atoms with van der Waals surface area (Å²) in [5, 5.41) is 9.85. The van der Waals surface area contributed by atoms with Crippen LogP contribution in [0.5, 0.6) is 0 Å². The van der Waals surface area contributed by atoms with Crippen molar-refractivity contribution in [2.75, 3.05) is 31.2 Å². The number of unbranched alkanes of at least 4 members (excludes halogenated alkanes) is 2. The summed E-state index contributed by atoms with van der Waals surface area (Å²) in [5.74, 6) is -2.75. The van der Waals surface area contributed by atoms with Crippen molar-refractivity contribution in [1.29, 1.82) is 0 Å². The number of rotatable bonds is 12. The summed E-state index contributed by atoms with van der Waals surface area (Å²) in [6.45, 7) is 13.5. The van der Waals surface area contributed by atoms with Crippen LogP contribution in [0.15, 0.2) is 43.5 Å². The highest BCUT2D eigenvalue weighted by atomic mass is 16.6. The second-order valence-electron chi connectivity index (χ2n) is 11.0. The molecular weight excluding hydrogens is 484 g/mol. The Labute approximate surface area is 225 Å². The van der Waals surface area contributed by atoms with Gasteiger partial charge in [0.2, 0.25) is 5.91 Å². The highest BCUT2D eigenvalue weighted by Gasteiger charge is 2.78. The molecule has 3 aliphatic rings. The van der Waals surface area contributed by atoms with Crippen molar-refractivity contribution in [1.82, 2.24) is 4.90 Å². The Morgan fingerprint density at radius 3 is 2.68 bits per heavy atom. The molecule has 1 aromatic rings. The lowest BCUT2D eigenvalue weighted by atomic mass is 9.66. The Kier molecular flexibility index (Phi) is 8.14. The van der Waals surface area contributed by atoms with Crippen LogP contribution in [0.25, 0.3) is 0 Å². The monoisotopic (exact) mass is 524 g/mol. The molecule has 1 spiro atoms. The van der Waals surface area contributed by atoms with Crippen LogP contribution in [0.4, 0.5) is 5.69 Å². The van der Waals surface area contributed by atoms with Crippen molar-refractivity contribution in [2.24, 2.45) is 11.8 Å². The number of hydrogen-bond acceptors (Lipinski definition) is 6. The van der Waals surface area contributed by atoms with Crippen LogP contribution in [-0.2, 0) is 23.9 Å². The second kappa shape index (κ2) is 11.0. The predicted octanol–water partition coefficient (Wildman–Crippen LogP) is 3.48. The van der Waals surface area contributed by atoms with Crippen LogP contribution in [-0.4, -0.2) is 71.3 Å². The first kappa shape index (κ1) is 28.0. The van der Waals surface area contributed by atoms with Gasteiger partial charge in [-0.2, -0.15) is 0 Å². The number of β-amino-alcohol motifs (C(OH)–C–C–N with tert-alkyl or cyclic N) is 1. The Balaban J connectivity index is 1.70. The van der Waals surface area contributed by atoms with Gasteiger partial charge in [0.15, 0.2) is 0 Å². The molecule has 1 N–H and O–H groups in total. The molecule has 3 heterocycles. The highest BCUT2D eigenvalue weighted by Crippen LogP contribution is 2.63. The molecule has 5 atom stereocenters. The molecule has 8 nitrogen and oxygen atoms in total. The molecule has 0 aliphatic carbocycles. The molecule has 0 saturated carbocycles. The summed E-state index contributed by atoms with van der Waals surface area (Å²) < 4.78 is 12.3. The van der Waals surface area contributed by atoms with E-state index < -0.39 is 35.0 Å². The number of nitrogens with zero attached hydrogens (tertiary/aromatic N) is 2. The van der Waals surface area contributed by atoms with E-state index in [2.05, 4.69) is 13.2 Å². The molecule has 206 valence electrons. The van der Waals surface area contributed by atoms with Crippen molar-refractivity contribution in [3.8, 4) is 0 Å². The van der Waals surface area contributed by atoms with E-state index in [1.807, 2.05) is 45.0 Å². The summed E-state index contributed by atoms with van der Waals surface area (Å²) >= 11 is 0. The minimum Gasteiger partial charge on any atom is -0.465 e. The van der Waals surface area contributed by atoms with Crippen LogP contribution in [0.1, 0.15) is 50.2 Å². The minimum atomic E-state index is -1.16. The maximum Gasteiger partial charge on any atom is 0.312 e. The number of hydrogen-bond donors (Lipinski definition) is 1. The van der Waals surface area contributed by atoms with Gasteiger partial charge in [0.05, 0.1) is 24.7 Å². The fraction of sp³-hybridized carbons (Fsp3) is 0.567. The van der Waals surface area contributed by atoms with Gasteiger partial charge in [-0.3, -0.25) is 14.4 Å². The molecule has 2 amide bonds. The number of likely N-dealkylation sites (tertiary alicyclic amines) is 1. The van der Waals surface area contributed by atoms with E-state index in [1.165, 1.54) is 4.90 Å². The number of benzene rings is 1. The molecule has 8 heteroatoms. The van der Waals surface area contributed by atoms with Crippen LogP contribution >= 0.6 is 0 Å². The van der Waals surface area contributed by atoms with Gasteiger partial charge in [-0.1, -0.05) is 24.3 Å². The first-order chi connectivity index (χ1) is 18.1. The molecule has 0 aromatic heterocycles. The molecule has 3 fully saturated rings. The van der Waals surface area contributed by atoms with Crippen LogP contribution in [0.3, 0.4) is 0 Å². The fourth-order valence-corrected chi connectivity index (χ4v) is 6.66. The van der Waals surface area contributed by atoms with E-state index in [1.54, 1.807) is 11.0 Å². The van der Waals surface area contributed by atoms with Crippen molar-refractivity contribution >= 4 is 23.5 Å². The third-order valence-electron chi connectivity index (χ3n) is 8.39. The number of aliphatic hydroxyl groups excluding tert-OH is 1. The van der Waals surface area contributed by atoms with Crippen LogP contribution in [0, 0.1) is 25.7 Å². The number of carbonyl (C=O) groups excluding carboxylic acids is 3. The summed E-state index contributed by atoms with van der Waals surface area (Å²) in [6, 6.07) is 4.91. The lowest BCUT2D eigenvalue weighted by molar-refractivity contribution is -0.159. The van der Waals surface area contributed by atoms with E-state index in [-0.39, 0.29) is 38.1 Å². The van der Waals surface area contributed by atoms with Gasteiger partial charge in [-0.25, -0.2) is 0 Å². The van der Waals surface area contributed by atoms with E-state index in [0.29, 0.717) is 19.3 Å². The number of carbonyl (C=O) groups is 3. The summed E-state index contributed by atoms with van der Waals surface area (Å²) in [4.78, 5) is 44.8. The predicted molar refractivity (Wildman–Crippen MR) is 144 cm³/mol. The Morgan fingerprint density at radius 2 is 2.00 bits per heavy atom. The molecule has 4 rings (SSSR count). The number of esters is 1. The summed E-state index contributed by atoms with van der Waals surface area (Å²) in [6.07, 6.45) is 6.89. The number of fused-ring (bicyclic) bond motifs is 1. The van der Waals surface area contributed by atoms with Crippen LogP contribution in [0.2, 0.25) is 0 Å². The highest BCUT2D eigenvalue weighted by molar-refractivity contribution is 6.05. The zero-order chi connectivity index (χ0) is 27.7. The number of amides is 2. The third kappa shape index (κ3) is 4.58. The molecular formula is C30H40N2O6. The Hall–Kier alpha value is -2.97. The summed E-state index contributed by atoms with van der Waals surface area (Å²) in [7, 11) is 0. The normalized spacial score (nSPS) is 29.3. The fourth-order valence-electron chi connectivity index (χ4n) is 6.66. The molecule has 2 bridgehead atoms. The first-order valence-corrected chi connectivity index (χ1v) is 13.5. The van der Waals surface area contributed by atoms with E-state index in [9.17, 15) is 19.5 Å². The standard InChI is InChI=1S/C30H40N2O6/c1-6-8-9-10-18-37-28(36)24-23-26(34)32(16-17-33)25(30(23)14-13-29(24,5)38-30)27(35)31(15-7-2)22-19-20(3)11-12-21(22)4/h6-7,11-12,19,23-25,33H,1-2,8-10,13-18H2,3-5H3/t23-,24+,25?,29-,30?/m0/s1. The lowest BCUT2D eigenvalue weighted by Gasteiger charge is -2.37. The first-order valence-electron chi connectivity index (χ1n) is 13.5. The van der Waals surface area contributed by atoms with E-state index in [0.717, 1.165) is 29.7 Å². The second-order valence-corrected chi connectivity index (χ2v) is 11.0. The van der Waals surface area contributed by atoms with Crippen molar-refractivity contribution in [3.63, 3.8) is 0 Å². The number of aliphatic hydroxyl groups is 1. The van der Waals surface area contributed by atoms with E-state index in [4.69, 9.17) is 9.47 Å². The quantitative estimate of drug-likeness (QED) is 0.256. The zero-order valence-corrected chi connectivity index (χ0v) is 22.8. The van der Waals surface area contributed by atoms with Gasteiger partial charge >= 0.3 is 5.97 Å². The van der Waals surface area contributed by atoms with Gasteiger partial charge in [0.1, 0.15) is 17.6 Å². The number of allylic oxidation sites excluding steroid dienone is 1. The maximum atomic E-state index is 14.4. The molecule has 0 radical (unpaired) electrons. The Bertz CT molecular complexity index is 1120. The van der Waals surface area contributed by atoms with Crippen LogP contribution < -0.4 is 4.90 Å². The van der Waals surface area contributed by atoms with Crippen molar-refractivity contribution < 1.29 is 29.0 Å². The average molecular weight is 525 g/mol. The molecule has 2 unspecified atom stereocenters. The molecule has 38 heavy (non-hydrogen) atoms. The molecule has 3 aliphatic heterocycles. The number of ether oxygens (including phenoxy) is 2. The lowest BCUT2D eigenvalue weighted by Crippen LogP contribution is -2.57. The van der Waals surface area contributed by atoms with E-state index >= 15 is 0 Å². The maximum absolute atomic E-state index is 14.4. The SMILES string of the molecule is C=CCCCCOC(=O)[C@H]1[C@H]2C(=O)N(CCO)C(C(=O)N(CC=C)c3cc(C)ccc3C)C23CC[C@]1(C)O3. The number of aryl methyl sites for hydroxylation is 2. The topological polar surface area (TPSA) is 96.4 Å². The van der Waals surface area contributed by atoms with Gasteiger partial charge < -0.3 is 24.4 Å². The van der Waals surface area contributed by atoms with Gasteiger partial charge in [-0.05, 0) is 70.1 Å². The van der Waals surface area contributed by atoms with Gasteiger partial charge in [0, 0.05) is 18.8 Å². The summed E-state index contributed by atoms with van der Waals surface area (Å²) in [5.41, 5.74) is 0.589. The van der Waals surface area contributed by atoms with Crippen molar-refractivity contribution in [3.05, 3.63) is 54.6 Å². The largest absolute Gasteiger partial charge is 0.465 e. The number of anilines is 1. The minimum absolute atomic E-state index is 0.0222. The van der Waals surface area contributed by atoms with Gasteiger partial charge in [0.25, 0.3) is 5.91 Å².